The van der Waals surface area contributed by atoms with Gasteiger partial charge in [0.2, 0.25) is 17.7 Å². The number of nitrogens with two attached hydrogens (primary N) is 3. The molecule has 0 aliphatic carbocycles. The van der Waals surface area contributed by atoms with Crippen molar-refractivity contribution in [1.82, 2.24) is 16.0 Å². The molecule has 4 unspecified atom stereocenters. The average Bonchev–Trinajstić information content (AvgIpc) is 2.97. The van der Waals surface area contributed by atoms with Gasteiger partial charge in [-0.2, -0.15) is 0 Å². The van der Waals surface area contributed by atoms with Crippen LogP contribution in [0.5, 0.6) is 5.75 Å². The number of aromatic hydroxyl groups is 1. The number of carboxylic acids is 2. The summed E-state index contributed by atoms with van der Waals surface area (Å²) in [4.78, 5) is 66.4. The number of hydrogen-bond donors (Lipinski definition) is 9. The lowest BCUT2D eigenvalue weighted by Crippen LogP contribution is -2.58. The normalized spacial score (nSPS) is 13.4. The largest absolute Gasteiger partial charge is 0.508 e. The van der Waals surface area contributed by atoms with E-state index in [0.717, 1.165) is 0 Å². The lowest BCUT2D eigenvalue weighted by atomic mass is 10.0. The quantitative estimate of drug-likeness (QED) is 0.0556. The third-order valence-corrected chi connectivity index (χ3v) is 6.49. The van der Waals surface area contributed by atoms with E-state index < -0.39 is 53.8 Å². The van der Waals surface area contributed by atoms with Crippen LogP contribution in [0, 0.1) is 0 Å². The number of phenols is 1. The zero-order valence-corrected chi connectivity index (χ0v) is 24.0. The molecule has 0 bridgehead atoms. The summed E-state index contributed by atoms with van der Waals surface area (Å²) in [6.45, 7) is 0.152. The van der Waals surface area contributed by atoms with Gasteiger partial charge < -0.3 is 48.5 Å². The van der Waals surface area contributed by atoms with E-state index in [4.69, 9.17) is 22.3 Å². The minimum atomic E-state index is -1.30. The highest BCUT2D eigenvalue weighted by Crippen LogP contribution is 2.13. The Morgan fingerprint density at radius 2 is 1.25 bits per heavy atom. The molecule has 0 spiro atoms. The number of hydrogen-bond acceptors (Lipinski definition) is 8. The van der Waals surface area contributed by atoms with Crippen LogP contribution < -0.4 is 33.2 Å². The van der Waals surface area contributed by atoms with Gasteiger partial charge in [0.15, 0.2) is 5.96 Å². The summed E-state index contributed by atoms with van der Waals surface area (Å²) in [5, 5.41) is 35.8. The molecule has 0 radical (unpaired) electrons. The van der Waals surface area contributed by atoms with Gasteiger partial charge in [-0.3, -0.25) is 24.2 Å². The van der Waals surface area contributed by atoms with Crippen molar-refractivity contribution in [2.75, 3.05) is 6.54 Å². The summed E-state index contributed by atoms with van der Waals surface area (Å²) < 4.78 is 0. The van der Waals surface area contributed by atoms with Gasteiger partial charge in [0.25, 0.3) is 0 Å². The molecular formula is C29H39N7O8. The molecule has 0 fully saturated rings. The molecule has 0 aromatic heterocycles. The average molecular weight is 614 g/mol. The molecule has 238 valence electrons. The number of carbonyl (C=O) groups excluding carboxylic acids is 3. The van der Waals surface area contributed by atoms with E-state index in [1.807, 2.05) is 0 Å². The summed E-state index contributed by atoms with van der Waals surface area (Å²) in [6, 6.07) is 9.56. The van der Waals surface area contributed by atoms with Crippen LogP contribution in [0.1, 0.15) is 36.8 Å². The van der Waals surface area contributed by atoms with Gasteiger partial charge in [0.05, 0.1) is 6.04 Å². The summed E-state index contributed by atoms with van der Waals surface area (Å²) >= 11 is 0. The number of carboxylic acid groups (broad SMARTS) is 2. The Kier molecular flexibility index (Phi) is 14.1. The van der Waals surface area contributed by atoms with Crippen molar-refractivity contribution >= 4 is 35.6 Å². The van der Waals surface area contributed by atoms with Crippen molar-refractivity contribution in [3.05, 3.63) is 65.7 Å². The molecule has 0 aliphatic rings. The van der Waals surface area contributed by atoms with E-state index in [-0.39, 0.29) is 56.8 Å². The van der Waals surface area contributed by atoms with Crippen molar-refractivity contribution in [3.63, 3.8) is 0 Å². The Morgan fingerprint density at radius 3 is 1.77 bits per heavy atom. The first kappa shape index (κ1) is 35.0. The second-order valence-electron chi connectivity index (χ2n) is 10.1. The predicted octanol–water partition coefficient (Wildman–Crippen LogP) is -1.04. The Morgan fingerprint density at radius 1 is 0.727 bits per heavy atom. The third kappa shape index (κ3) is 12.8. The SMILES string of the molecule is NC(N)=NCCCC(NC(=O)C(Cc1ccccc1)NC(=O)C(Cc1ccc(O)cc1)NC(=O)C(N)CCC(=O)O)C(=O)O. The number of guanidine groups is 1. The monoisotopic (exact) mass is 613 g/mol. The molecule has 0 saturated heterocycles. The van der Waals surface area contributed by atoms with Crippen LogP contribution in [-0.4, -0.2) is 81.7 Å². The molecule has 44 heavy (non-hydrogen) atoms. The van der Waals surface area contributed by atoms with Crippen molar-refractivity contribution in [2.24, 2.45) is 22.2 Å². The lowest BCUT2D eigenvalue weighted by molar-refractivity contribution is -0.142. The lowest BCUT2D eigenvalue weighted by Gasteiger charge is -2.25. The van der Waals surface area contributed by atoms with Crippen LogP contribution in [0.3, 0.4) is 0 Å². The van der Waals surface area contributed by atoms with Gasteiger partial charge in [0, 0.05) is 25.8 Å². The first-order chi connectivity index (χ1) is 20.8. The molecule has 2 aromatic carbocycles. The second kappa shape index (κ2) is 17.7. The number of rotatable bonds is 18. The zero-order chi connectivity index (χ0) is 32.6. The molecule has 2 rings (SSSR count). The van der Waals surface area contributed by atoms with Crippen LogP contribution in [0.25, 0.3) is 0 Å². The van der Waals surface area contributed by atoms with Gasteiger partial charge in [-0.05, 0) is 42.5 Å². The van der Waals surface area contributed by atoms with Crippen molar-refractivity contribution < 1.29 is 39.3 Å². The fourth-order valence-corrected chi connectivity index (χ4v) is 4.13. The van der Waals surface area contributed by atoms with Crippen LogP contribution in [-0.2, 0) is 36.8 Å². The maximum absolute atomic E-state index is 13.6. The number of aliphatic carboxylic acids is 2. The highest BCUT2D eigenvalue weighted by atomic mass is 16.4. The first-order valence-electron chi connectivity index (χ1n) is 13.8. The summed E-state index contributed by atoms with van der Waals surface area (Å²) in [6.07, 6.45) is -0.333. The molecule has 4 atom stereocenters. The summed E-state index contributed by atoms with van der Waals surface area (Å²) in [7, 11) is 0. The van der Waals surface area contributed by atoms with Gasteiger partial charge >= 0.3 is 11.9 Å². The number of aliphatic imine (C=N–C) groups is 1. The third-order valence-electron chi connectivity index (χ3n) is 6.49. The van der Waals surface area contributed by atoms with E-state index >= 15 is 0 Å². The minimum absolute atomic E-state index is 0.00322. The summed E-state index contributed by atoms with van der Waals surface area (Å²) in [5.41, 5.74) is 17.7. The summed E-state index contributed by atoms with van der Waals surface area (Å²) in [5.74, 6) is -4.92. The number of phenolic OH excluding ortho intramolecular Hbond substituents is 1. The fraction of sp³-hybridized carbons (Fsp3) is 0.379. The maximum atomic E-state index is 13.6. The molecule has 0 saturated carbocycles. The van der Waals surface area contributed by atoms with E-state index in [2.05, 4.69) is 20.9 Å². The highest BCUT2D eigenvalue weighted by molar-refractivity contribution is 5.94. The molecule has 2 aromatic rings. The van der Waals surface area contributed by atoms with Crippen molar-refractivity contribution in [2.45, 2.75) is 62.7 Å². The van der Waals surface area contributed by atoms with E-state index in [1.165, 1.54) is 12.1 Å². The standard InChI is InChI=1S/C29H39N7O8/c30-20(12-13-24(38)39)25(40)35-22(16-18-8-10-19(37)11-9-18)27(42)36-23(15-17-5-2-1-3-6-17)26(41)34-21(28(43)44)7-4-14-33-29(31)32/h1-3,5-6,8-11,20-23,37H,4,7,12-16,30H2,(H,34,41)(H,35,40)(H,36,42)(H,38,39)(H,43,44)(H4,31,32,33). The van der Waals surface area contributed by atoms with E-state index in [1.54, 1.807) is 42.5 Å². The van der Waals surface area contributed by atoms with Crippen molar-refractivity contribution in [3.8, 4) is 5.75 Å². The van der Waals surface area contributed by atoms with Gasteiger partial charge in [-0.1, -0.05) is 42.5 Å². The predicted molar refractivity (Wildman–Crippen MR) is 160 cm³/mol. The fourth-order valence-electron chi connectivity index (χ4n) is 4.13. The van der Waals surface area contributed by atoms with Crippen LogP contribution in [0.15, 0.2) is 59.6 Å². The molecule has 15 heteroatoms. The Balaban J connectivity index is 2.28. The number of nitrogens with zero attached hydrogens (tertiary/aromatic N) is 1. The van der Waals surface area contributed by atoms with Crippen LogP contribution in [0.2, 0.25) is 0 Å². The Bertz CT molecular complexity index is 1300. The van der Waals surface area contributed by atoms with E-state index in [9.17, 15) is 34.2 Å². The highest BCUT2D eigenvalue weighted by Gasteiger charge is 2.31. The molecule has 12 N–H and O–H groups in total. The molecule has 3 amide bonds. The van der Waals surface area contributed by atoms with Gasteiger partial charge in [-0.25, -0.2) is 4.79 Å². The van der Waals surface area contributed by atoms with Crippen molar-refractivity contribution in [1.29, 1.82) is 0 Å². The van der Waals surface area contributed by atoms with Crippen LogP contribution >= 0.6 is 0 Å². The number of carbonyl (C=O) groups is 5. The van der Waals surface area contributed by atoms with Gasteiger partial charge in [0.1, 0.15) is 23.9 Å². The smallest absolute Gasteiger partial charge is 0.326 e. The Labute approximate surface area is 253 Å². The molecule has 0 aliphatic heterocycles. The Hall–Kier alpha value is -5.18. The molecular weight excluding hydrogens is 574 g/mol. The van der Waals surface area contributed by atoms with Gasteiger partial charge in [-0.15, -0.1) is 0 Å². The number of nitrogens with one attached hydrogen (secondary N) is 3. The topological polar surface area (TPSA) is 273 Å². The van der Waals surface area contributed by atoms with E-state index in [0.29, 0.717) is 11.1 Å². The molecule has 0 heterocycles. The second-order valence-corrected chi connectivity index (χ2v) is 10.1. The zero-order valence-electron chi connectivity index (χ0n) is 24.0. The maximum Gasteiger partial charge on any atom is 0.326 e. The number of amides is 3. The number of benzene rings is 2. The molecule has 15 nitrogen and oxygen atoms in total. The first-order valence-corrected chi connectivity index (χ1v) is 13.8. The minimum Gasteiger partial charge on any atom is -0.508 e. The van der Waals surface area contributed by atoms with Crippen LogP contribution in [0.4, 0.5) is 0 Å².